The van der Waals surface area contributed by atoms with Crippen LogP contribution in [0, 0.1) is 0 Å². The van der Waals surface area contributed by atoms with Gasteiger partial charge in [-0.15, -0.1) is 0 Å². The third kappa shape index (κ3) is 5.92. The van der Waals surface area contributed by atoms with Gasteiger partial charge in [-0.25, -0.2) is 9.59 Å². The highest BCUT2D eigenvalue weighted by atomic mass is 35.5. The van der Waals surface area contributed by atoms with Gasteiger partial charge >= 0.3 is 11.7 Å². The number of piperazine rings is 1. The Hall–Kier alpha value is -2.46. The predicted molar refractivity (Wildman–Crippen MR) is 130 cm³/mol. The minimum atomic E-state index is -0.479. The Bertz CT molecular complexity index is 1030. The van der Waals surface area contributed by atoms with E-state index < -0.39 is 5.69 Å². The molecule has 9 nitrogen and oxygen atoms in total. The van der Waals surface area contributed by atoms with E-state index in [1.807, 2.05) is 12.1 Å². The first-order valence-corrected chi connectivity index (χ1v) is 11.9. The lowest BCUT2D eigenvalue weighted by atomic mass is 9.91. The van der Waals surface area contributed by atoms with Gasteiger partial charge in [0, 0.05) is 56.0 Å². The van der Waals surface area contributed by atoms with E-state index in [4.69, 9.17) is 17.3 Å². The summed E-state index contributed by atoms with van der Waals surface area (Å²) in [5, 5.41) is 6.51. The average molecular weight is 474 g/mol. The molecule has 2 aliphatic rings. The molecule has 1 saturated carbocycles. The molecule has 2 aromatic rings. The topological polar surface area (TPSA) is 109 Å². The average Bonchev–Trinajstić information content (AvgIpc) is 2.81. The maximum atomic E-state index is 12.6. The number of carbonyl (C=O) groups excluding carboxylic acids is 1. The van der Waals surface area contributed by atoms with E-state index >= 15 is 0 Å². The van der Waals surface area contributed by atoms with Crippen LogP contribution in [0.15, 0.2) is 35.3 Å². The highest BCUT2D eigenvalue weighted by Gasteiger charge is 2.22. The summed E-state index contributed by atoms with van der Waals surface area (Å²) in [5.41, 5.74) is 7.19. The molecule has 4 rings (SSSR count). The van der Waals surface area contributed by atoms with Crippen LogP contribution in [0.3, 0.4) is 0 Å². The second kappa shape index (κ2) is 10.6. The van der Waals surface area contributed by atoms with Gasteiger partial charge in [0.05, 0.1) is 5.69 Å². The van der Waals surface area contributed by atoms with Gasteiger partial charge in [0.25, 0.3) is 0 Å². The highest BCUT2D eigenvalue weighted by Crippen LogP contribution is 2.26. The molecule has 0 spiro atoms. The van der Waals surface area contributed by atoms with Crippen molar-refractivity contribution in [2.24, 2.45) is 5.73 Å². The van der Waals surface area contributed by atoms with Crippen molar-refractivity contribution in [1.29, 1.82) is 0 Å². The van der Waals surface area contributed by atoms with Gasteiger partial charge in [0.1, 0.15) is 5.82 Å². The maximum Gasteiger partial charge on any atom is 0.354 e. The Morgan fingerprint density at radius 1 is 1.24 bits per heavy atom. The molecular formula is C23H32ClN7O2. The normalized spacial score (nSPS) is 21.3. The number of nitrogens with one attached hydrogen (secondary N) is 2. The number of aromatic nitrogens is 2. The summed E-state index contributed by atoms with van der Waals surface area (Å²) in [6.07, 6.45) is 5.93. The van der Waals surface area contributed by atoms with Crippen LogP contribution >= 0.6 is 11.6 Å². The number of hydrogen-bond acceptors (Lipinski definition) is 6. The van der Waals surface area contributed by atoms with Gasteiger partial charge in [0.15, 0.2) is 0 Å². The molecule has 2 fully saturated rings. The van der Waals surface area contributed by atoms with Gasteiger partial charge in [-0.3, -0.25) is 14.8 Å². The van der Waals surface area contributed by atoms with Crippen molar-refractivity contribution in [2.75, 3.05) is 38.5 Å². The molecule has 0 unspecified atom stereocenters. The largest absolute Gasteiger partial charge is 0.354 e. The lowest BCUT2D eigenvalue weighted by Crippen LogP contribution is -2.48. The van der Waals surface area contributed by atoms with Gasteiger partial charge in [-0.05, 0) is 56.5 Å². The SMILES string of the molecule is CN(Cc1ccc(-n2ccc(NC(=O)N3CCNCC3)nc2=O)cc1Cl)C1CCC(N)CC1. The number of nitrogens with zero attached hydrogens (tertiary/aromatic N) is 4. The smallest absolute Gasteiger partial charge is 0.328 e. The Morgan fingerprint density at radius 3 is 2.64 bits per heavy atom. The number of amides is 2. The van der Waals surface area contributed by atoms with Crippen molar-refractivity contribution in [3.8, 4) is 5.69 Å². The van der Waals surface area contributed by atoms with Crippen LogP contribution in [0.5, 0.6) is 0 Å². The first-order valence-electron chi connectivity index (χ1n) is 11.5. The molecule has 10 heteroatoms. The summed E-state index contributed by atoms with van der Waals surface area (Å²) in [6.45, 7) is 3.49. The highest BCUT2D eigenvalue weighted by molar-refractivity contribution is 6.31. The van der Waals surface area contributed by atoms with E-state index in [0.29, 0.717) is 35.9 Å². The van der Waals surface area contributed by atoms with E-state index in [9.17, 15) is 9.59 Å². The number of rotatable bonds is 5. The van der Waals surface area contributed by atoms with Crippen molar-refractivity contribution in [3.05, 3.63) is 51.5 Å². The minimum Gasteiger partial charge on any atom is -0.328 e. The summed E-state index contributed by atoms with van der Waals surface area (Å²) >= 11 is 6.57. The van der Waals surface area contributed by atoms with E-state index in [-0.39, 0.29) is 11.8 Å². The van der Waals surface area contributed by atoms with Gasteiger partial charge in [-0.2, -0.15) is 4.98 Å². The quantitative estimate of drug-likeness (QED) is 0.613. The van der Waals surface area contributed by atoms with Crippen LogP contribution in [0.1, 0.15) is 31.2 Å². The number of anilines is 1. The van der Waals surface area contributed by atoms with Crippen molar-refractivity contribution in [1.82, 2.24) is 24.7 Å². The number of urea groups is 1. The number of benzene rings is 1. The molecule has 4 N–H and O–H groups in total. The van der Waals surface area contributed by atoms with Gasteiger partial charge in [0.2, 0.25) is 0 Å². The molecule has 0 bridgehead atoms. The van der Waals surface area contributed by atoms with Crippen LogP contribution in [-0.2, 0) is 6.54 Å². The van der Waals surface area contributed by atoms with E-state index in [0.717, 1.165) is 50.9 Å². The van der Waals surface area contributed by atoms with E-state index in [2.05, 4.69) is 27.6 Å². The molecule has 33 heavy (non-hydrogen) atoms. The first-order chi connectivity index (χ1) is 15.9. The Labute approximate surface area is 198 Å². The summed E-state index contributed by atoms with van der Waals surface area (Å²) in [5.74, 6) is 0.233. The van der Waals surface area contributed by atoms with E-state index in [1.54, 1.807) is 23.2 Å². The van der Waals surface area contributed by atoms with Crippen molar-refractivity contribution < 1.29 is 4.79 Å². The first kappa shape index (κ1) is 23.7. The Morgan fingerprint density at radius 2 is 1.97 bits per heavy atom. The minimum absolute atomic E-state index is 0.233. The van der Waals surface area contributed by atoms with Gasteiger partial charge in [-0.1, -0.05) is 17.7 Å². The zero-order valence-electron chi connectivity index (χ0n) is 19.0. The predicted octanol–water partition coefficient (Wildman–Crippen LogP) is 2.02. The van der Waals surface area contributed by atoms with Crippen LogP contribution in [0.4, 0.5) is 10.6 Å². The number of carbonyl (C=O) groups is 1. The molecule has 1 aliphatic carbocycles. The van der Waals surface area contributed by atoms with Crippen molar-refractivity contribution >= 4 is 23.4 Å². The molecule has 2 heterocycles. The van der Waals surface area contributed by atoms with Crippen molar-refractivity contribution in [3.63, 3.8) is 0 Å². The second-order valence-electron chi connectivity index (χ2n) is 8.89. The Kier molecular flexibility index (Phi) is 7.64. The van der Waals surface area contributed by atoms with Crippen LogP contribution in [-0.4, -0.2) is 70.7 Å². The monoisotopic (exact) mass is 473 g/mol. The van der Waals surface area contributed by atoms with Crippen LogP contribution in [0.25, 0.3) is 5.69 Å². The molecule has 2 amide bonds. The van der Waals surface area contributed by atoms with E-state index in [1.165, 1.54) is 4.57 Å². The summed E-state index contributed by atoms with van der Waals surface area (Å²) < 4.78 is 1.42. The third-order valence-corrected chi connectivity index (χ3v) is 6.89. The summed E-state index contributed by atoms with van der Waals surface area (Å²) in [4.78, 5) is 33.0. The number of nitrogens with two attached hydrogens (primary N) is 1. The molecule has 178 valence electrons. The fraction of sp³-hybridized carbons (Fsp3) is 0.522. The molecule has 1 aromatic carbocycles. The van der Waals surface area contributed by atoms with Crippen molar-refractivity contribution in [2.45, 2.75) is 44.3 Å². The summed E-state index contributed by atoms with van der Waals surface area (Å²) in [7, 11) is 2.12. The molecule has 1 saturated heterocycles. The van der Waals surface area contributed by atoms with Gasteiger partial charge < -0.3 is 16.0 Å². The lowest BCUT2D eigenvalue weighted by molar-refractivity contribution is 0.176. The molecule has 1 aromatic heterocycles. The fourth-order valence-electron chi connectivity index (χ4n) is 4.48. The molecule has 0 atom stereocenters. The molecule has 0 radical (unpaired) electrons. The van der Waals surface area contributed by atoms with Crippen LogP contribution in [0.2, 0.25) is 5.02 Å². The second-order valence-corrected chi connectivity index (χ2v) is 9.30. The standard InChI is InChI=1S/C23H32ClN7O2/c1-29(18-6-3-17(25)4-7-18)15-16-2-5-19(14-20(16)24)31-11-8-21(28-23(31)33)27-22(32)30-12-9-26-10-13-30/h2,5,8,11,14,17-18,26H,3-4,6-7,9-10,12-13,15,25H2,1H3,(H,27,28,32,33). The lowest BCUT2D eigenvalue weighted by Gasteiger charge is -2.33. The number of hydrogen-bond donors (Lipinski definition) is 3. The fourth-order valence-corrected chi connectivity index (χ4v) is 4.71. The Balaban J connectivity index is 1.41. The summed E-state index contributed by atoms with van der Waals surface area (Å²) in [6, 6.07) is 7.80. The molecule has 1 aliphatic heterocycles. The zero-order valence-corrected chi connectivity index (χ0v) is 19.7. The molecular weight excluding hydrogens is 442 g/mol. The maximum absolute atomic E-state index is 12.6. The number of halogens is 1. The van der Waals surface area contributed by atoms with Crippen LogP contribution < -0.4 is 22.1 Å². The zero-order chi connectivity index (χ0) is 23.4. The third-order valence-electron chi connectivity index (χ3n) is 6.54.